The number of likely N-dealkylation sites (N-methyl/N-ethyl adjacent to an activating group) is 1. The molecule has 0 radical (unpaired) electrons. The minimum Gasteiger partial charge on any atom is -0.454 e. The normalized spacial score (nSPS) is 11.0. The molecular weight excluding hydrogens is 319 g/mol. The van der Waals surface area contributed by atoms with Crippen LogP contribution in [0.3, 0.4) is 0 Å². The summed E-state index contributed by atoms with van der Waals surface area (Å²) >= 11 is 0. The first-order valence-corrected chi connectivity index (χ1v) is 8.15. The van der Waals surface area contributed by atoms with Crippen molar-refractivity contribution in [3.05, 3.63) is 72.1 Å². The Labute approximate surface area is 147 Å². The Balaban J connectivity index is 1.82. The molecule has 0 aromatic heterocycles. The second-order valence-corrected chi connectivity index (χ2v) is 5.89. The van der Waals surface area contributed by atoms with Gasteiger partial charge in [0.25, 0.3) is 0 Å². The Bertz CT molecular complexity index is 715. The molecule has 0 spiro atoms. The molecule has 0 atom stereocenters. The summed E-state index contributed by atoms with van der Waals surface area (Å²) in [6, 6.07) is 13.9. The maximum absolute atomic E-state index is 14.1. The van der Waals surface area contributed by atoms with E-state index in [2.05, 4.69) is 5.32 Å². The first-order valence-electron chi connectivity index (χ1n) is 8.15. The van der Waals surface area contributed by atoms with Crippen molar-refractivity contribution in [3.8, 4) is 11.5 Å². The molecule has 2 rings (SSSR count). The molecule has 0 aliphatic heterocycles. The number of halogens is 1. The summed E-state index contributed by atoms with van der Waals surface area (Å²) in [5, 5.41) is 2.78. The van der Waals surface area contributed by atoms with Crippen LogP contribution in [0.15, 0.2) is 60.7 Å². The lowest BCUT2D eigenvalue weighted by Crippen LogP contribution is -2.24. The Morgan fingerprint density at radius 2 is 1.96 bits per heavy atom. The van der Waals surface area contributed by atoms with Crippen molar-refractivity contribution in [2.45, 2.75) is 6.42 Å². The summed E-state index contributed by atoms with van der Waals surface area (Å²) in [5.74, 6) is 0.210. The van der Waals surface area contributed by atoms with E-state index in [0.717, 1.165) is 5.56 Å². The first kappa shape index (κ1) is 18.7. The van der Waals surface area contributed by atoms with Crippen LogP contribution in [-0.4, -0.2) is 38.0 Å². The second-order valence-electron chi connectivity index (χ2n) is 5.89. The quantitative estimate of drug-likeness (QED) is 0.748. The van der Waals surface area contributed by atoms with Crippen LogP contribution in [0.4, 0.5) is 4.39 Å². The highest BCUT2D eigenvalue weighted by Crippen LogP contribution is 2.24. The number of carbonyl (C=O) groups is 1. The third-order valence-corrected chi connectivity index (χ3v) is 3.42. The Hall–Kier alpha value is -2.66. The van der Waals surface area contributed by atoms with Gasteiger partial charge in [-0.2, -0.15) is 0 Å². The topological polar surface area (TPSA) is 41.6 Å². The van der Waals surface area contributed by atoms with E-state index >= 15 is 0 Å². The summed E-state index contributed by atoms with van der Waals surface area (Å²) in [4.78, 5) is 13.6. The standard InChI is InChI=1S/C20H23FN2O2/c1-23(2)14-6-9-20(24)22-13-12-16-10-11-19(18(21)15-16)25-17-7-4-3-5-8-17/h3-11,15H,12-14H2,1-2H3,(H,22,24)/b9-6+. The number of nitrogens with one attached hydrogen (secondary N) is 1. The molecular formula is C20H23FN2O2. The van der Waals surface area contributed by atoms with Crippen LogP contribution in [0.1, 0.15) is 5.56 Å². The van der Waals surface area contributed by atoms with Crippen LogP contribution in [0.5, 0.6) is 11.5 Å². The third kappa shape index (κ3) is 6.77. The van der Waals surface area contributed by atoms with Gasteiger partial charge in [-0.3, -0.25) is 4.79 Å². The van der Waals surface area contributed by atoms with Gasteiger partial charge in [-0.1, -0.05) is 30.3 Å². The van der Waals surface area contributed by atoms with Crippen LogP contribution in [0.2, 0.25) is 0 Å². The predicted molar refractivity (Wildman–Crippen MR) is 97.3 cm³/mol. The minimum atomic E-state index is -0.418. The maximum atomic E-state index is 14.1. The van der Waals surface area contributed by atoms with E-state index in [4.69, 9.17) is 4.74 Å². The van der Waals surface area contributed by atoms with Crippen molar-refractivity contribution in [2.24, 2.45) is 0 Å². The largest absolute Gasteiger partial charge is 0.454 e. The number of benzene rings is 2. The zero-order valence-electron chi connectivity index (χ0n) is 14.5. The van der Waals surface area contributed by atoms with E-state index < -0.39 is 5.82 Å². The SMILES string of the molecule is CN(C)C/C=C/C(=O)NCCc1ccc(Oc2ccccc2)c(F)c1. The molecule has 25 heavy (non-hydrogen) atoms. The summed E-state index contributed by atoms with van der Waals surface area (Å²) in [6.07, 6.45) is 3.86. The molecule has 5 heteroatoms. The van der Waals surface area contributed by atoms with E-state index in [-0.39, 0.29) is 11.7 Å². The van der Waals surface area contributed by atoms with Gasteiger partial charge in [0.1, 0.15) is 5.75 Å². The molecule has 1 amide bonds. The number of amides is 1. The molecule has 2 aromatic rings. The molecule has 0 aliphatic carbocycles. The lowest BCUT2D eigenvalue weighted by molar-refractivity contribution is -0.116. The fourth-order valence-electron chi connectivity index (χ4n) is 2.16. The first-order chi connectivity index (χ1) is 12.0. The van der Waals surface area contributed by atoms with Gasteiger partial charge in [-0.15, -0.1) is 0 Å². The van der Waals surface area contributed by atoms with E-state index in [0.29, 0.717) is 25.3 Å². The number of ether oxygens (including phenoxy) is 1. The van der Waals surface area contributed by atoms with E-state index in [1.807, 2.05) is 37.2 Å². The number of nitrogens with zero attached hydrogens (tertiary/aromatic N) is 1. The monoisotopic (exact) mass is 342 g/mol. The zero-order valence-corrected chi connectivity index (χ0v) is 14.5. The highest BCUT2D eigenvalue weighted by molar-refractivity contribution is 5.87. The molecule has 0 heterocycles. The molecule has 0 bridgehead atoms. The Morgan fingerprint density at radius 1 is 1.20 bits per heavy atom. The zero-order chi connectivity index (χ0) is 18.1. The molecule has 4 nitrogen and oxygen atoms in total. The third-order valence-electron chi connectivity index (χ3n) is 3.42. The van der Waals surface area contributed by atoms with Crippen LogP contribution < -0.4 is 10.1 Å². The van der Waals surface area contributed by atoms with Crippen molar-refractivity contribution in [3.63, 3.8) is 0 Å². The predicted octanol–water partition coefficient (Wildman–Crippen LogP) is 3.39. The molecule has 1 N–H and O–H groups in total. The van der Waals surface area contributed by atoms with E-state index in [1.165, 1.54) is 12.1 Å². The van der Waals surface area contributed by atoms with Gasteiger partial charge in [0, 0.05) is 19.2 Å². The van der Waals surface area contributed by atoms with Crippen molar-refractivity contribution < 1.29 is 13.9 Å². The van der Waals surface area contributed by atoms with Crippen molar-refractivity contribution in [1.82, 2.24) is 10.2 Å². The summed E-state index contributed by atoms with van der Waals surface area (Å²) < 4.78 is 19.6. The lowest BCUT2D eigenvalue weighted by Gasteiger charge is -2.09. The van der Waals surface area contributed by atoms with Gasteiger partial charge >= 0.3 is 0 Å². The second kappa shape index (κ2) is 9.59. The number of rotatable bonds is 8. The molecule has 0 aliphatic rings. The van der Waals surface area contributed by atoms with Crippen molar-refractivity contribution in [2.75, 3.05) is 27.2 Å². The Kier molecular flexibility index (Phi) is 7.16. The average molecular weight is 342 g/mol. The fraction of sp³-hybridized carbons (Fsp3) is 0.250. The fourth-order valence-corrected chi connectivity index (χ4v) is 2.16. The highest BCUT2D eigenvalue weighted by atomic mass is 19.1. The molecule has 2 aromatic carbocycles. The van der Waals surface area contributed by atoms with Gasteiger partial charge in [-0.25, -0.2) is 4.39 Å². The number of hydrogen-bond donors (Lipinski definition) is 1. The van der Waals surface area contributed by atoms with Crippen molar-refractivity contribution in [1.29, 1.82) is 0 Å². The van der Waals surface area contributed by atoms with Gasteiger partial charge in [0.15, 0.2) is 11.6 Å². The number of hydrogen-bond acceptors (Lipinski definition) is 3. The lowest BCUT2D eigenvalue weighted by atomic mass is 10.1. The maximum Gasteiger partial charge on any atom is 0.243 e. The number of para-hydroxylation sites is 1. The highest BCUT2D eigenvalue weighted by Gasteiger charge is 2.06. The summed E-state index contributed by atoms with van der Waals surface area (Å²) in [6.45, 7) is 1.16. The molecule has 132 valence electrons. The van der Waals surface area contributed by atoms with Crippen LogP contribution in [-0.2, 0) is 11.2 Å². The van der Waals surface area contributed by atoms with Crippen LogP contribution >= 0.6 is 0 Å². The minimum absolute atomic E-state index is 0.147. The van der Waals surface area contributed by atoms with Gasteiger partial charge < -0.3 is 15.0 Å². The molecule has 0 unspecified atom stereocenters. The molecule has 0 fully saturated rings. The van der Waals surface area contributed by atoms with Crippen LogP contribution in [0.25, 0.3) is 0 Å². The summed E-state index contributed by atoms with van der Waals surface area (Å²) in [7, 11) is 3.87. The van der Waals surface area contributed by atoms with E-state index in [1.54, 1.807) is 30.3 Å². The summed E-state index contributed by atoms with van der Waals surface area (Å²) in [5.41, 5.74) is 0.801. The van der Waals surface area contributed by atoms with Gasteiger partial charge in [-0.05, 0) is 50.3 Å². The van der Waals surface area contributed by atoms with Gasteiger partial charge in [0.2, 0.25) is 5.91 Å². The average Bonchev–Trinajstić information content (AvgIpc) is 2.58. The van der Waals surface area contributed by atoms with Gasteiger partial charge in [0.05, 0.1) is 0 Å². The smallest absolute Gasteiger partial charge is 0.243 e. The molecule has 0 saturated heterocycles. The number of carbonyl (C=O) groups excluding carboxylic acids is 1. The van der Waals surface area contributed by atoms with Crippen LogP contribution in [0, 0.1) is 5.82 Å². The molecule has 0 saturated carbocycles. The van der Waals surface area contributed by atoms with E-state index in [9.17, 15) is 9.18 Å². The Morgan fingerprint density at radius 3 is 2.64 bits per heavy atom. The van der Waals surface area contributed by atoms with Crippen molar-refractivity contribution >= 4 is 5.91 Å².